The van der Waals surface area contributed by atoms with Crippen LogP contribution >= 0.6 is 0 Å². The average Bonchev–Trinajstić information content (AvgIpc) is 2.64. The zero-order valence-corrected chi connectivity index (χ0v) is 10.1. The lowest BCUT2D eigenvalue weighted by atomic mass is 10.1. The molecule has 0 saturated heterocycles. The monoisotopic (exact) mass is 242 g/mol. The molecule has 0 amide bonds. The lowest BCUT2D eigenvalue weighted by molar-refractivity contribution is 0.271. The molecule has 92 valence electrons. The number of hydrogen-bond donors (Lipinski definition) is 2. The topological polar surface area (TPSA) is 77.0 Å². The Morgan fingerprint density at radius 3 is 2.94 bits per heavy atom. The summed E-state index contributed by atoms with van der Waals surface area (Å²) in [6.45, 7) is 2.45. The Hall–Kier alpha value is -2.14. The molecule has 2 heterocycles. The molecular weight excluding hydrogens is 228 g/mol. The van der Waals surface area contributed by atoms with E-state index in [-0.39, 0.29) is 6.61 Å². The van der Waals surface area contributed by atoms with Crippen molar-refractivity contribution in [2.45, 2.75) is 13.5 Å². The molecule has 18 heavy (non-hydrogen) atoms. The van der Waals surface area contributed by atoms with Gasteiger partial charge in [0.05, 0.1) is 24.1 Å². The second-order valence-electron chi connectivity index (χ2n) is 4.39. The van der Waals surface area contributed by atoms with Gasteiger partial charge in [0, 0.05) is 5.39 Å². The Kier molecular flexibility index (Phi) is 2.41. The number of hydrogen-bond acceptors (Lipinski definition) is 4. The third kappa shape index (κ3) is 1.60. The summed E-state index contributed by atoms with van der Waals surface area (Å²) in [5, 5.41) is 15.1. The Morgan fingerprint density at radius 1 is 1.33 bits per heavy atom. The van der Waals surface area contributed by atoms with Crippen molar-refractivity contribution in [1.82, 2.24) is 14.8 Å². The van der Waals surface area contributed by atoms with Gasteiger partial charge in [0.1, 0.15) is 0 Å². The Labute approximate surface area is 104 Å². The van der Waals surface area contributed by atoms with Gasteiger partial charge in [-0.3, -0.25) is 0 Å². The van der Waals surface area contributed by atoms with Crippen molar-refractivity contribution in [3.63, 3.8) is 0 Å². The van der Waals surface area contributed by atoms with Crippen LogP contribution < -0.4 is 5.73 Å². The van der Waals surface area contributed by atoms with E-state index in [9.17, 15) is 0 Å². The van der Waals surface area contributed by atoms with E-state index in [0.717, 1.165) is 27.5 Å². The molecule has 0 aliphatic heterocycles. The summed E-state index contributed by atoms with van der Waals surface area (Å²) in [6.07, 6.45) is 0. The van der Waals surface area contributed by atoms with E-state index in [1.54, 1.807) is 4.68 Å². The van der Waals surface area contributed by atoms with E-state index >= 15 is 0 Å². The van der Waals surface area contributed by atoms with Crippen molar-refractivity contribution < 1.29 is 5.11 Å². The van der Waals surface area contributed by atoms with Crippen LogP contribution in [0.3, 0.4) is 0 Å². The van der Waals surface area contributed by atoms with Gasteiger partial charge in [-0.15, -0.1) is 0 Å². The Morgan fingerprint density at radius 2 is 2.17 bits per heavy atom. The molecule has 3 rings (SSSR count). The smallest absolute Gasteiger partial charge is 0.160 e. The number of rotatable bonds is 2. The first kappa shape index (κ1) is 11.0. The van der Waals surface area contributed by atoms with Gasteiger partial charge in [0.25, 0.3) is 0 Å². The second-order valence-corrected chi connectivity index (χ2v) is 4.39. The molecule has 1 aromatic carbocycles. The first-order valence-corrected chi connectivity index (χ1v) is 5.83. The molecule has 5 heteroatoms. The van der Waals surface area contributed by atoms with E-state index in [2.05, 4.69) is 10.1 Å². The molecular formula is C13H14N4O. The molecule has 2 aromatic heterocycles. The first-order chi connectivity index (χ1) is 8.69. The van der Waals surface area contributed by atoms with Crippen LogP contribution in [-0.2, 0) is 6.54 Å². The SMILES string of the molecule is Cc1ccc2cc3c(N)nn(CCO)c3nc2c1. The van der Waals surface area contributed by atoms with E-state index in [0.29, 0.717) is 12.4 Å². The number of aromatic nitrogens is 3. The van der Waals surface area contributed by atoms with Gasteiger partial charge in [0.15, 0.2) is 11.5 Å². The summed E-state index contributed by atoms with van der Waals surface area (Å²) >= 11 is 0. The highest BCUT2D eigenvalue weighted by molar-refractivity contribution is 5.96. The summed E-state index contributed by atoms with van der Waals surface area (Å²) in [5.74, 6) is 0.452. The normalized spacial score (nSPS) is 11.4. The van der Waals surface area contributed by atoms with Crippen LogP contribution in [0.2, 0.25) is 0 Å². The third-order valence-electron chi connectivity index (χ3n) is 3.01. The second kappa shape index (κ2) is 3.96. The van der Waals surface area contributed by atoms with Crippen molar-refractivity contribution in [2.75, 3.05) is 12.3 Å². The molecule has 0 radical (unpaired) electrons. The Bertz CT molecular complexity index is 733. The molecule has 3 N–H and O–H groups in total. The molecule has 0 spiro atoms. The van der Waals surface area contributed by atoms with E-state index in [4.69, 9.17) is 10.8 Å². The number of benzene rings is 1. The van der Waals surface area contributed by atoms with Crippen LogP contribution in [0.25, 0.3) is 21.9 Å². The maximum absolute atomic E-state index is 9.02. The zero-order chi connectivity index (χ0) is 12.7. The van der Waals surface area contributed by atoms with Gasteiger partial charge in [-0.25, -0.2) is 9.67 Å². The van der Waals surface area contributed by atoms with Gasteiger partial charge in [-0.2, -0.15) is 5.10 Å². The van der Waals surface area contributed by atoms with Crippen LogP contribution in [0, 0.1) is 6.92 Å². The number of aryl methyl sites for hydroxylation is 1. The largest absolute Gasteiger partial charge is 0.394 e. The van der Waals surface area contributed by atoms with Gasteiger partial charge < -0.3 is 10.8 Å². The summed E-state index contributed by atoms with van der Waals surface area (Å²) in [6, 6.07) is 8.10. The molecule has 0 saturated carbocycles. The molecule has 0 aliphatic rings. The third-order valence-corrected chi connectivity index (χ3v) is 3.01. The highest BCUT2D eigenvalue weighted by Gasteiger charge is 2.10. The van der Waals surface area contributed by atoms with Crippen LogP contribution in [-0.4, -0.2) is 26.5 Å². The van der Waals surface area contributed by atoms with Crippen LogP contribution in [0.5, 0.6) is 0 Å². The highest BCUT2D eigenvalue weighted by Crippen LogP contribution is 2.24. The van der Waals surface area contributed by atoms with E-state index in [1.165, 1.54) is 0 Å². The minimum Gasteiger partial charge on any atom is -0.394 e. The molecule has 0 aliphatic carbocycles. The van der Waals surface area contributed by atoms with Gasteiger partial charge in [-0.1, -0.05) is 12.1 Å². The molecule has 0 fully saturated rings. The fourth-order valence-electron chi connectivity index (χ4n) is 2.13. The molecule has 3 aromatic rings. The number of pyridine rings is 1. The summed E-state index contributed by atoms with van der Waals surface area (Å²) in [7, 11) is 0. The minimum atomic E-state index is 0.0176. The van der Waals surface area contributed by atoms with Gasteiger partial charge in [0.2, 0.25) is 0 Å². The van der Waals surface area contributed by atoms with Crippen molar-refractivity contribution in [3.05, 3.63) is 29.8 Å². The molecule has 0 atom stereocenters. The number of nitrogen functional groups attached to an aromatic ring is 1. The number of aliphatic hydroxyl groups excluding tert-OH is 1. The van der Waals surface area contributed by atoms with Crippen molar-refractivity contribution >= 4 is 27.8 Å². The minimum absolute atomic E-state index is 0.0176. The number of fused-ring (bicyclic) bond motifs is 2. The molecule has 0 bridgehead atoms. The quantitative estimate of drug-likeness (QED) is 0.713. The average molecular weight is 242 g/mol. The fourth-order valence-corrected chi connectivity index (χ4v) is 2.13. The molecule has 5 nitrogen and oxygen atoms in total. The lowest BCUT2D eigenvalue weighted by Gasteiger charge is -2.02. The van der Waals surface area contributed by atoms with Crippen LogP contribution in [0.1, 0.15) is 5.56 Å². The number of nitrogens with zero attached hydrogens (tertiary/aromatic N) is 3. The summed E-state index contributed by atoms with van der Waals surface area (Å²) in [5.41, 5.74) is 8.68. The summed E-state index contributed by atoms with van der Waals surface area (Å²) in [4.78, 5) is 4.59. The highest BCUT2D eigenvalue weighted by atomic mass is 16.3. The number of anilines is 1. The van der Waals surface area contributed by atoms with Gasteiger partial charge >= 0.3 is 0 Å². The maximum Gasteiger partial charge on any atom is 0.160 e. The molecule has 0 unspecified atom stereocenters. The standard InChI is InChI=1S/C13H14N4O/c1-8-2-3-9-7-10-12(14)16-17(4-5-18)13(10)15-11(9)6-8/h2-3,6-7,18H,4-5H2,1H3,(H2,14,16). The van der Waals surface area contributed by atoms with E-state index < -0.39 is 0 Å². The predicted octanol–water partition coefficient (Wildman–Crippen LogP) is 1.47. The Balaban J connectivity index is 2.35. The van der Waals surface area contributed by atoms with Crippen molar-refractivity contribution in [1.29, 1.82) is 0 Å². The zero-order valence-electron chi connectivity index (χ0n) is 10.1. The number of nitrogens with two attached hydrogens (primary N) is 1. The van der Waals surface area contributed by atoms with Crippen molar-refractivity contribution in [2.24, 2.45) is 0 Å². The van der Waals surface area contributed by atoms with Crippen LogP contribution in [0.15, 0.2) is 24.3 Å². The maximum atomic E-state index is 9.02. The number of aliphatic hydroxyl groups is 1. The lowest BCUT2D eigenvalue weighted by Crippen LogP contribution is -2.05. The fraction of sp³-hybridized carbons (Fsp3) is 0.231. The van der Waals surface area contributed by atoms with Crippen molar-refractivity contribution in [3.8, 4) is 0 Å². The van der Waals surface area contributed by atoms with E-state index in [1.807, 2.05) is 31.2 Å². The first-order valence-electron chi connectivity index (χ1n) is 5.83. The predicted molar refractivity (Wildman–Crippen MR) is 71.3 cm³/mol. The summed E-state index contributed by atoms with van der Waals surface area (Å²) < 4.78 is 1.65. The van der Waals surface area contributed by atoms with Crippen LogP contribution in [0.4, 0.5) is 5.82 Å². The van der Waals surface area contributed by atoms with Gasteiger partial charge in [-0.05, 0) is 24.6 Å².